The molecule has 0 spiro atoms. The summed E-state index contributed by atoms with van der Waals surface area (Å²) in [6, 6.07) is 9.73. The normalized spacial score (nSPS) is 13.3. The van der Waals surface area contributed by atoms with Gasteiger partial charge >= 0.3 is 0 Å². The van der Waals surface area contributed by atoms with Gasteiger partial charge in [0.25, 0.3) is 10.2 Å². The van der Waals surface area contributed by atoms with Crippen LogP contribution in [0.3, 0.4) is 0 Å². The number of halogens is 2. The van der Waals surface area contributed by atoms with Gasteiger partial charge in [-0.15, -0.1) is 21.5 Å². The first-order chi connectivity index (χ1) is 16.9. The van der Waals surface area contributed by atoms with E-state index in [1.165, 1.54) is 30.6 Å². The monoisotopic (exact) mass is 575 g/mol. The minimum absolute atomic E-state index is 0.0153. The van der Waals surface area contributed by atoms with Gasteiger partial charge in [-0.1, -0.05) is 23.7 Å². The van der Waals surface area contributed by atoms with Crippen LogP contribution in [-0.4, -0.2) is 45.7 Å². The number of rotatable bonds is 10. The van der Waals surface area contributed by atoms with Crippen molar-refractivity contribution in [2.24, 2.45) is 5.14 Å². The fraction of sp³-hybridized carbons (Fsp3) is 0.250. The molecule has 0 bridgehead atoms. The molecule has 2 aromatic heterocycles. The van der Waals surface area contributed by atoms with Crippen LogP contribution >= 0.6 is 22.9 Å². The number of thiazole rings is 1. The number of hydrogen-bond acceptors (Lipinski definition) is 10. The Hall–Kier alpha value is -2.53. The molecule has 0 aliphatic heterocycles. The molecule has 1 atom stereocenters. The van der Waals surface area contributed by atoms with E-state index in [9.17, 15) is 21.2 Å². The lowest BCUT2D eigenvalue weighted by atomic mass is 10.1. The Labute approximate surface area is 214 Å². The van der Waals surface area contributed by atoms with Gasteiger partial charge in [0.1, 0.15) is 21.8 Å². The highest BCUT2D eigenvalue weighted by Crippen LogP contribution is 2.35. The summed E-state index contributed by atoms with van der Waals surface area (Å²) in [6.07, 6.45) is 0. The molecule has 3 N–H and O–H groups in total. The van der Waals surface area contributed by atoms with Crippen LogP contribution in [0.15, 0.2) is 40.8 Å². The standard InChI is InChI=1S/C20H19ClFN5O6S3/c1-32-9-17(35(28,29)10-19-27-26-18(33-19)8-24-36(23,30)31)20-25-15-5-3-12(7-16(15)34-20)11-2-4-13(21)14(22)6-11/h2-7,17,24H,8-10H2,1H3,(H2,23,30,31). The molecule has 192 valence electrons. The molecule has 16 heteroatoms. The summed E-state index contributed by atoms with van der Waals surface area (Å²) in [5.74, 6) is -1.54. The number of nitrogens with one attached hydrogen (secondary N) is 1. The molecule has 4 aromatic rings. The number of nitrogens with two attached hydrogens (primary N) is 1. The van der Waals surface area contributed by atoms with Crippen LogP contribution in [0.1, 0.15) is 22.0 Å². The first-order valence-electron chi connectivity index (χ1n) is 10.1. The van der Waals surface area contributed by atoms with E-state index in [1.54, 1.807) is 24.3 Å². The average molecular weight is 576 g/mol. The summed E-state index contributed by atoms with van der Waals surface area (Å²) in [6.45, 7) is -0.559. The fourth-order valence-electron chi connectivity index (χ4n) is 3.27. The molecule has 0 amide bonds. The third kappa shape index (κ3) is 6.23. The Morgan fingerprint density at radius 1 is 1.14 bits per heavy atom. The van der Waals surface area contributed by atoms with Crippen LogP contribution in [0, 0.1) is 5.82 Å². The van der Waals surface area contributed by atoms with Gasteiger partial charge in [-0.25, -0.2) is 22.9 Å². The van der Waals surface area contributed by atoms with Gasteiger partial charge in [-0.05, 0) is 35.4 Å². The summed E-state index contributed by atoms with van der Waals surface area (Å²) in [4.78, 5) is 4.47. The summed E-state index contributed by atoms with van der Waals surface area (Å²) in [5, 5.41) is 11.3. The predicted molar refractivity (Wildman–Crippen MR) is 132 cm³/mol. The molecule has 1 unspecified atom stereocenters. The highest BCUT2D eigenvalue weighted by molar-refractivity contribution is 7.91. The summed E-state index contributed by atoms with van der Waals surface area (Å²) in [7, 11) is -6.56. The second kappa shape index (κ2) is 10.5. The highest BCUT2D eigenvalue weighted by Gasteiger charge is 2.32. The van der Waals surface area contributed by atoms with E-state index in [-0.39, 0.29) is 30.0 Å². The first-order valence-corrected chi connectivity index (χ1v) is 14.6. The summed E-state index contributed by atoms with van der Waals surface area (Å²) in [5.41, 5.74) is 1.89. The minimum Gasteiger partial charge on any atom is -0.423 e. The van der Waals surface area contributed by atoms with Crippen LogP contribution in [0.25, 0.3) is 21.3 Å². The molecular formula is C20H19ClFN5O6S3. The molecule has 0 aliphatic carbocycles. The number of nitrogens with zero attached hydrogens (tertiary/aromatic N) is 3. The van der Waals surface area contributed by atoms with Gasteiger partial charge in [-0.2, -0.15) is 13.1 Å². The maximum Gasteiger partial charge on any atom is 0.274 e. The van der Waals surface area contributed by atoms with Gasteiger partial charge in [-0.3, -0.25) is 0 Å². The second-order valence-corrected chi connectivity index (χ2v) is 12.6. The zero-order valence-electron chi connectivity index (χ0n) is 18.5. The van der Waals surface area contributed by atoms with Crippen LogP contribution in [-0.2, 0) is 37.1 Å². The lowest BCUT2D eigenvalue weighted by molar-refractivity contribution is 0.197. The van der Waals surface area contributed by atoms with Crippen molar-refractivity contribution in [2.75, 3.05) is 13.7 Å². The lowest BCUT2D eigenvalue weighted by Gasteiger charge is -2.13. The van der Waals surface area contributed by atoms with Crippen molar-refractivity contribution >= 4 is 53.2 Å². The Bertz CT molecular complexity index is 1620. The number of sulfone groups is 1. The molecule has 2 aromatic carbocycles. The lowest BCUT2D eigenvalue weighted by Crippen LogP contribution is -2.30. The average Bonchev–Trinajstić information content (AvgIpc) is 3.42. The van der Waals surface area contributed by atoms with Crippen LogP contribution < -0.4 is 9.86 Å². The third-order valence-corrected chi connectivity index (χ3v) is 8.95. The number of methoxy groups -OCH3 is 1. The topological polar surface area (TPSA) is 167 Å². The largest absolute Gasteiger partial charge is 0.423 e. The van der Waals surface area contributed by atoms with Crippen molar-refractivity contribution in [2.45, 2.75) is 17.5 Å². The maximum absolute atomic E-state index is 13.9. The number of hydrogen-bond donors (Lipinski definition) is 2. The molecule has 4 rings (SSSR count). The van der Waals surface area contributed by atoms with E-state index in [4.69, 9.17) is 25.9 Å². The van der Waals surface area contributed by atoms with Gasteiger partial charge in [0.05, 0.1) is 28.4 Å². The van der Waals surface area contributed by atoms with Crippen molar-refractivity contribution in [3.05, 3.63) is 64.0 Å². The first kappa shape index (κ1) is 26.5. The van der Waals surface area contributed by atoms with E-state index in [0.717, 1.165) is 0 Å². The number of fused-ring (bicyclic) bond motifs is 1. The molecule has 36 heavy (non-hydrogen) atoms. The molecule has 0 fully saturated rings. The highest BCUT2D eigenvalue weighted by atomic mass is 35.5. The fourth-order valence-corrected chi connectivity index (χ4v) is 6.63. The summed E-state index contributed by atoms with van der Waals surface area (Å²) >= 11 is 6.94. The molecule has 0 saturated carbocycles. The van der Waals surface area contributed by atoms with E-state index < -0.39 is 36.9 Å². The van der Waals surface area contributed by atoms with E-state index in [1.807, 2.05) is 4.72 Å². The zero-order valence-corrected chi connectivity index (χ0v) is 21.7. The maximum atomic E-state index is 13.9. The SMILES string of the molecule is COCC(c1nc2ccc(-c3ccc(Cl)c(F)c3)cc2s1)S(=O)(=O)Cc1nnc(CNS(N)(=O)=O)o1. The van der Waals surface area contributed by atoms with Gasteiger partial charge < -0.3 is 9.15 Å². The van der Waals surface area contributed by atoms with Crippen molar-refractivity contribution in [1.29, 1.82) is 0 Å². The third-order valence-electron chi connectivity index (χ3n) is 4.94. The number of aromatic nitrogens is 3. The van der Waals surface area contributed by atoms with Crippen molar-refractivity contribution < 1.29 is 30.4 Å². The zero-order chi connectivity index (χ0) is 26.1. The Morgan fingerprint density at radius 2 is 1.83 bits per heavy atom. The molecule has 0 saturated heterocycles. The Balaban J connectivity index is 1.60. The van der Waals surface area contributed by atoms with Gasteiger partial charge in [0.2, 0.25) is 11.8 Å². The Morgan fingerprint density at radius 3 is 2.53 bits per heavy atom. The molecule has 0 aliphatic rings. The molecule has 2 heterocycles. The number of ether oxygens (including phenoxy) is 1. The van der Waals surface area contributed by atoms with E-state index >= 15 is 0 Å². The van der Waals surface area contributed by atoms with Crippen molar-refractivity contribution in [3.8, 4) is 11.1 Å². The van der Waals surface area contributed by atoms with Crippen LogP contribution in [0.2, 0.25) is 5.02 Å². The molecule has 11 nitrogen and oxygen atoms in total. The Kier molecular flexibility index (Phi) is 7.70. The minimum atomic E-state index is -3.99. The summed E-state index contributed by atoms with van der Waals surface area (Å²) < 4.78 is 75.4. The smallest absolute Gasteiger partial charge is 0.274 e. The van der Waals surface area contributed by atoms with E-state index in [0.29, 0.717) is 26.4 Å². The predicted octanol–water partition coefficient (Wildman–Crippen LogP) is 2.73. The molecular weight excluding hydrogens is 557 g/mol. The van der Waals surface area contributed by atoms with Crippen LogP contribution in [0.4, 0.5) is 4.39 Å². The van der Waals surface area contributed by atoms with Crippen LogP contribution in [0.5, 0.6) is 0 Å². The van der Waals surface area contributed by atoms with Gasteiger partial charge in [0.15, 0.2) is 9.84 Å². The second-order valence-electron chi connectivity index (χ2n) is 7.57. The quantitative estimate of drug-likeness (QED) is 0.289. The number of benzene rings is 2. The van der Waals surface area contributed by atoms with Crippen molar-refractivity contribution in [1.82, 2.24) is 19.9 Å². The van der Waals surface area contributed by atoms with Gasteiger partial charge in [0, 0.05) is 7.11 Å². The van der Waals surface area contributed by atoms with E-state index in [2.05, 4.69) is 15.2 Å². The molecule has 0 radical (unpaired) electrons. The van der Waals surface area contributed by atoms with Crippen molar-refractivity contribution in [3.63, 3.8) is 0 Å².